The highest BCUT2D eigenvalue weighted by Gasteiger charge is 2.32. The Hall–Kier alpha value is -2.05. The predicted molar refractivity (Wildman–Crippen MR) is 84.4 cm³/mol. The first-order chi connectivity index (χ1) is 11.0. The average molecular weight is 317 g/mol. The van der Waals surface area contributed by atoms with Crippen LogP contribution in [-0.4, -0.2) is 32.6 Å². The first kappa shape index (κ1) is 15.8. The molecular weight excluding hydrogens is 297 g/mol. The minimum atomic E-state index is -0.439. The van der Waals surface area contributed by atoms with Crippen LogP contribution in [0.5, 0.6) is 0 Å². The number of benzene rings is 1. The van der Waals surface area contributed by atoms with Crippen molar-refractivity contribution in [2.24, 2.45) is 0 Å². The molecule has 3 rings (SSSR count). The van der Waals surface area contributed by atoms with E-state index in [2.05, 4.69) is 14.9 Å². The summed E-state index contributed by atoms with van der Waals surface area (Å²) in [6.07, 6.45) is 0.843. The van der Waals surface area contributed by atoms with E-state index in [-0.39, 0.29) is 17.4 Å². The molecule has 0 unspecified atom stereocenters. The molecule has 2 aromatic rings. The third kappa shape index (κ3) is 3.65. The van der Waals surface area contributed by atoms with Crippen molar-refractivity contribution < 1.29 is 9.50 Å². The van der Waals surface area contributed by atoms with Gasteiger partial charge in [-0.05, 0) is 30.5 Å². The topological polar surface area (TPSA) is 69.2 Å². The van der Waals surface area contributed by atoms with Crippen molar-refractivity contribution in [1.29, 1.82) is 0 Å². The van der Waals surface area contributed by atoms with E-state index >= 15 is 0 Å². The Bertz CT molecular complexity index is 729. The molecule has 1 fully saturated rings. The zero-order valence-corrected chi connectivity index (χ0v) is 13.0. The zero-order chi connectivity index (χ0) is 16.4. The summed E-state index contributed by atoms with van der Waals surface area (Å²) in [7, 11) is 0. The summed E-state index contributed by atoms with van der Waals surface area (Å²) >= 11 is 0. The molecule has 2 heterocycles. The standard InChI is InChI=1S/C17H20FN3O2/c1-2-13-7-17(23)20-16(19-13)10-21-9-14(22)8-15(21)11-3-5-12(18)6-4-11/h3-7,14-15,22H,2,8-10H2,1H3,(H,19,20,23)/t14-,15+/m1/s1. The summed E-state index contributed by atoms with van der Waals surface area (Å²) in [6.45, 7) is 2.90. The van der Waals surface area contributed by atoms with Crippen LogP contribution in [0, 0.1) is 5.82 Å². The number of nitrogens with one attached hydrogen (secondary N) is 1. The number of β-amino-alcohol motifs (C(OH)–C–C–N with tert-alkyl or cyclic N) is 1. The van der Waals surface area contributed by atoms with Crippen LogP contribution in [0.2, 0.25) is 0 Å². The van der Waals surface area contributed by atoms with Crippen LogP contribution in [0.25, 0.3) is 0 Å². The van der Waals surface area contributed by atoms with Gasteiger partial charge in [0.15, 0.2) is 0 Å². The van der Waals surface area contributed by atoms with Crippen molar-refractivity contribution in [2.75, 3.05) is 6.54 Å². The van der Waals surface area contributed by atoms with E-state index in [9.17, 15) is 14.3 Å². The summed E-state index contributed by atoms with van der Waals surface area (Å²) in [5.74, 6) is 0.316. The lowest BCUT2D eigenvalue weighted by molar-refractivity contribution is 0.171. The Kier molecular flexibility index (Phi) is 4.54. The molecule has 1 aliphatic rings. The molecule has 1 aromatic carbocycles. The van der Waals surface area contributed by atoms with Gasteiger partial charge in [0.1, 0.15) is 11.6 Å². The minimum absolute atomic E-state index is 0.0128. The lowest BCUT2D eigenvalue weighted by atomic mass is 10.0. The fraction of sp³-hybridized carbons (Fsp3) is 0.412. The summed E-state index contributed by atoms with van der Waals surface area (Å²) in [5, 5.41) is 10.0. The zero-order valence-electron chi connectivity index (χ0n) is 13.0. The van der Waals surface area contributed by atoms with Crippen LogP contribution in [0.1, 0.15) is 36.5 Å². The smallest absolute Gasteiger partial charge is 0.251 e. The number of likely N-dealkylation sites (tertiary alicyclic amines) is 1. The van der Waals surface area contributed by atoms with Gasteiger partial charge in [-0.15, -0.1) is 0 Å². The van der Waals surface area contributed by atoms with E-state index in [1.165, 1.54) is 18.2 Å². The second-order valence-corrected chi connectivity index (χ2v) is 5.92. The molecule has 122 valence electrons. The number of halogens is 1. The number of hydrogen-bond donors (Lipinski definition) is 2. The van der Waals surface area contributed by atoms with Gasteiger partial charge in [0, 0.05) is 24.3 Å². The van der Waals surface area contributed by atoms with E-state index < -0.39 is 6.10 Å². The third-order valence-corrected chi connectivity index (χ3v) is 4.20. The second kappa shape index (κ2) is 6.60. The van der Waals surface area contributed by atoms with Crippen molar-refractivity contribution in [2.45, 2.75) is 38.5 Å². The van der Waals surface area contributed by atoms with Crippen LogP contribution in [0.3, 0.4) is 0 Å². The van der Waals surface area contributed by atoms with Gasteiger partial charge in [0.25, 0.3) is 5.56 Å². The van der Waals surface area contributed by atoms with E-state index in [1.807, 2.05) is 6.92 Å². The van der Waals surface area contributed by atoms with Gasteiger partial charge < -0.3 is 10.1 Å². The molecule has 23 heavy (non-hydrogen) atoms. The van der Waals surface area contributed by atoms with E-state index in [1.54, 1.807) is 12.1 Å². The van der Waals surface area contributed by atoms with Crippen LogP contribution in [0.15, 0.2) is 35.1 Å². The van der Waals surface area contributed by atoms with Crippen molar-refractivity contribution >= 4 is 0 Å². The van der Waals surface area contributed by atoms with Gasteiger partial charge in [-0.2, -0.15) is 0 Å². The molecule has 2 atom stereocenters. The summed E-state index contributed by atoms with van der Waals surface area (Å²) in [4.78, 5) is 21.0. The first-order valence-corrected chi connectivity index (χ1v) is 7.82. The SMILES string of the molecule is CCc1cc(=O)[nH]c(CN2C[C@H](O)C[C@H]2c2ccc(F)cc2)n1. The molecule has 0 radical (unpaired) electrons. The number of rotatable bonds is 4. The Balaban J connectivity index is 1.84. The van der Waals surface area contributed by atoms with E-state index in [0.29, 0.717) is 31.8 Å². The molecule has 1 aromatic heterocycles. The van der Waals surface area contributed by atoms with Crippen LogP contribution < -0.4 is 5.56 Å². The highest BCUT2D eigenvalue weighted by atomic mass is 19.1. The molecule has 2 N–H and O–H groups in total. The molecule has 6 heteroatoms. The van der Waals surface area contributed by atoms with E-state index in [0.717, 1.165) is 11.3 Å². The number of H-pyrrole nitrogens is 1. The molecule has 0 saturated carbocycles. The Morgan fingerprint density at radius 1 is 1.39 bits per heavy atom. The quantitative estimate of drug-likeness (QED) is 0.902. The Morgan fingerprint density at radius 2 is 2.13 bits per heavy atom. The third-order valence-electron chi connectivity index (χ3n) is 4.20. The molecule has 0 bridgehead atoms. The Morgan fingerprint density at radius 3 is 2.83 bits per heavy atom. The van der Waals surface area contributed by atoms with Gasteiger partial charge >= 0.3 is 0 Å². The number of hydrogen-bond acceptors (Lipinski definition) is 4. The molecular formula is C17H20FN3O2. The molecule has 5 nitrogen and oxygen atoms in total. The van der Waals surface area contributed by atoms with Crippen molar-refractivity contribution in [1.82, 2.24) is 14.9 Å². The van der Waals surface area contributed by atoms with Gasteiger partial charge in [-0.3, -0.25) is 9.69 Å². The van der Waals surface area contributed by atoms with Gasteiger partial charge in [0.2, 0.25) is 0 Å². The van der Waals surface area contributed by atoms with Crippen molar-refractivity contribution in [3.8, 4) is 0 Å². The minimum Gasteiger partial charge on any atom is -0.392 e. The van der Waals surface area contributed by atoms with Gasteiger partial charge in [0.05, 0.1) is 12.6 Å². The largest absolute Gasteiger partial charge is 0.392 e. The fourth-order valence-corrected chi connectivity index (χ4v) is 3.10. The highest BCUT2D eigenvalue weighted by molar-refractivity contribution is 5.21. The normalized spacial score (nSPS) is 21.7. The average Bonchev–Trinajstić information content (AvgIpc) is 2.88. The van der Waals surface area contributed by atoms with Crippen molar-refractivity contribution in [3.63, 3.8) is 0 Å². The maximum absolute atomic E-state index is 13.1. The summed E-state index contributed by atoms with van der Waals surface area (Å²) < 4.78 is 13.1. The number of aliphatic hydroxyl groups excluding tert-OH is 1. The number of aryl methyl sites for hydroxylation is 1. The van der Waals surface area contributed by atoms with Crippen molar-refractivity contribution in [3.05, 3.63) is 63.6 Å². The Labute approximate surface area is 133 Å². The lowest BCUT2D eigenvalue weighted by Crippen LogP contribution is -2.27. The van der Waals surface area contributed by atoms with Crippen LogP contribution >= 0.6 is 0 Å². The molecule has 0 spiro atoms. The number of nitrogens with zero attached hydrogens (tertiary/aromatic N) is 2. The summed E-state index contributed by atoms with van der Waals surface area (Å²) in [6, 6.07) is 7.82. The van der Waals surface area contributed by atoms with Crippen LogP contribution in [-0.2, 0) is 13.0 Å². The number of aliphatic hydroxyl groups is 1. The number of aromatic nitrogens is 2. The van der Waals surface area contributed by atoms with E-state index in [4.69, 9.17) is 0 Å². The fourth-order valence-electron chi connectivity index (χ4n) is 3.10. The summed E-state index contributed by atoms with van der Waals surface area (Å²) in [5.41, 5.74) is 1.55. The first-order valence-electron chi connectivity index (χ1n) is 7.82. The monoisotopic (exact) mass is 317 g/mol. The molecule has 1 saturated heterocycles. The maximum atomic E-state index is 13.1. The maximum Gasteiger partial charge on any atom is 0.251 e. The molecule has 0 aliphatic carbocycles. The highest BCUT2D eigenvalue weighted by Crippen LogP contribution is 2.33. The predicted octanol–water partition coefficient (Wildman–Crippen LogP) is 1.78. The van der Waals surface area contributed by atoms with Gasteiger partial charge in [-0.1, -0.05) is 19.1 Å². The van der Waals surface area contributed by atoms with Crippen LogP contribution in [0.4, 0.5) is 4.39 Å². The molecule has 1 aliphatic heterocycles. The molecule has 0 amide bonds. The second-order valence-electron chi connectivity index (χ2n) is 5.92. The lowest BCUT2D eigenvalue weighted by Gasteiger charge is -2.24. The number of aromatic amines is 1. The van der Waals surface area contributed by atoms with Gasteiger partial charge in [-0.25, -0.2) is 9.37 Å².